The van der Waals surface area contributed by atoms with Crippen LogP contribution in [0.5, 0.6) is 0 Å². The maximum Gasteiger partial charge on any atom is 0.263 e. The maximum atomic E-state index is 5.26. The Bertz CT molecular complexity index is 509. The molecule has 0 amide bonds. The van der Waals surface area contributed by atoms with Gasteiger partial charge < -0.3 is 9.84 Å². The summed E-state index contributed by atoms with van der Waals surface area (Å²) in [7, 11) is 0. The van der Waals surface area contributed by atoms with Crippen molar-refractivity contribution in [3.63, 3.8) is 0 Å². The van der Waals surface area contributed by atoms with E-state index in [1.165, 1.54) is 19.3 Å². The summed E-state index contributed by atoms with van der Waals surface area (Å²) in [5, 5.41) is 7.33. The minimum absolute atomic E-state index is 0.487. The molecule has 0 spiro atoms. The molecule has 0 radical (unpaired) electrons. The third kappa shape index (κ3) is 2.37. The van der Waals surface area contributed by atoms with Gasteiger partial charge in [0.15, 0.2) is 0 Å². The molecule has 0 saturated heterocycles. The van der Waals surface area contributed by atoms with E-state index in [1.54, 1.807) is 0 Å². The minimum atomic E-state index is 0.487. The van der Waals surface area contributed by atoms with Gasteiger partial charge in [-0.05, 0) is 42.5 Å². The lowest BCUT2D eigenvalue weighted by atomic mass is 10.1. The van der Waals surface area contributed by atoms with Crippen molar-refractivity contribution in [3.05, 3.63) is 30.3 Å². The van der Waals surface area contributed by atoms with Gasteiger partial charge in [0.25, 0.3) is 11.8 Å². The van der Waals surface area contributed by atoms with Crippen molar-refractivity contribution in [3.8, 4) is 11.5 Å². The van der Waals surface area contributed by atoms with E-state index in [9.17, 15) is 0 Å². The van der Waals surface area contributed by atoms with Crippen LogP contribution in [0.2, 0.25) is 0 Å². The second-order valence-electron chi connectivity index (χ2n) is 5.05. The van der Waals surface area contributed by atoms with Crippen LogP contribution in [0.4, 0.5) is 5.95 Å². The first kappa shape index (κ1) is 11.3. The predicted molar refractivity (Wildman–Crippen MR) is 70.2 cm³/mol. The fourth-order valence-electron chi connectivity index (χ4n) is 2.50. The third-order valence-corrected chi connectivity index (χ3v) is 3.47. The normalized spacial score (nSPS) is 23.2. The number of aromatic nitrogens is 2. The van der Waals surface area contributed by atoms with Gasteiger partial charge in [0.05, 0.1) is 0 Å². The van der Waals surface area contributed by atoms with Gasteiger partial charge in [0.2, 0.25) is 0 Å². The lowest BCUT2D eigenvalue weighted by molar-refractivity contribution is 0.431. The second-order valence-corrected chi connectivity index (χ2v) is 5.05. The average molecular weight is 243 g/mol. The second kappa shape index (κ2) is 4.80. The van der Waals surface area contributed by atoms with Crippen molar-refractivity contribution >= 4 is 5.95 Å². The fourth-order valence-corrected chi connectivity index (χ4v) is 2.50. The number of nitrogens with one attached hydrogen (secondary N) is 1. The van der Waals surface area contributed by atoms with E-state index in [0.717, 1.165) is 11.5 Å². The van der Waals surface area contributed by atoms with E-state index < -0.39 is 0 Å². The van der Waals surface area contributed by atoms with E-state index in [2.05, 4.69) is 22.4 Å². The van der Waals surface area contributed by atoms with Crippen molar-refractivity contribution in [1.29, 1.82) is 0 Å². The highest BCUT2D eigenvalue weighted by Crippen LogP contribution is 2.27. The van der Waals surface area contributed by atoms with Crippen molar-refractivity contribution in [2.24, 2.45) is 5.92 Å². The number of anilines is 1. The molecule has 0 bridgehead atoms. The molecule has 3 rings (SSSR count). The Morgan fingerprint density at radius 2 is 2.06 bits per heavy atom. The zero-order valence-electron chi connectivity index (χ0n) is 10.5. The molecule has 18 heavy (non-hydrogen) atoms. The van der Waals surface area contributed by atoms with Crippen molar-refractivity contribution < 1.29 is 4.52 Å². The van der Waals surface area contributed by atoms with Crippen LogP contribution in [0.25, 0.3) is 11.5 Å². The topological polar surface area (TPSA) is 51.0 Å². The average Bonchev–Trinajstić information content (AvgIpc) is 3.01. The van der Waals surface area contributed by atoms with Gasteiger partial charge in [0, 0.05) is 11.6 Å². The molecule has 1 aliphatic rings. The molecular weight excluding hydrogens is 226 g/mol. The van der Waals surface area contributed by atoms with Gasteiger partial charge in [-0.1, -0.05) is 25.1 Å². The number of hydrogen-bond acceptors (Lipinski definition) is 4. The number of benzene rings is 1. The smallest absolute Gasteiger partial charge is 0.263 e. The highest BCUT2D eigenvalue weighted by atomic mass is 16.5. The number of rotatable bonds is 3. The largest absolute Gasteiger partial charge is 0.349 e. The number of hydrogen-bond donors (Lipinski definition) is 1. The molecule has 0 aliphatic heterocycles. The third-order valence-electron chi connectivity index (χ3n) is 3.47. The molecule has 1 fully saturated rings. The zero-order chi connectivity index (χ0) is 12.4. The first-order valence-electron chi connectivity index (χ1n) is 6.47. The molecule has 2 atom stereocenters. The molecule has 1 heterocycles. The first-order valence-corrected chi connectivity index (χ1v) is 6.47. The summed E-state index contributed by atoms with van der Waals surface area (Å²) in [6, 6.07) is 10.3. The van der Waals surface area contributed by atoms with Gasteiger partial charge in [-0.15, -0.1) is 0 Å². The molecule has 4 nitrogen and oxygen atoms in total. The molecular formula is C14H17N3O. The predicted octanol–water partition coefficient (Wildman–Crippen LogP) is 3.34. The molecule has 1 aliphatic carbocycles. The molecule has 94 valence electrons. The highest BCUT2D eigenvalue weighted by Gasteiger charge is 2.22. The van der Waals surface area contributed by atoms with Gasteiger partial charge in [0.1, 0.15) is 0 Å². The minimum Gasteiger partial charge on any atom is -0.349 e. The lowest BCUT2D eigenvalue weighted by Crippen LogP contribution is -2.16. The SMILES string of the molecule is CC1CCC(Nc2noc(-c3ccccc3)n2)C1. The highest BCUT2D eigenvalue weighted by molar-refractivity contribution is 5.53. The lowest BCUT2D eigenvalue weighted by Gasteiger charge is -2.08. The van der Waals surface area contributed by atoms with Gasteiger partial charge in [-0.2, -0.15) is 4.98 Å². The number of nitrogens with zero attached hydrogens (tertiary/aromatic N) is 2. The Morgan fingerprint density at radius 1 is 1.22 bits per heavy atom. The Morgan fingerprint density at radius 3 is 2.78 bits per heavy atom. The van der Waals surface area contributed by atoms with Crippen LogP contribution in [0.3, 0.4) is 0 Å². The molecule has 2 unspecified atom stereocenters. The van der Waals surface area contributed by atoms with Gasteiger partial charge >= 0.3 is 0 Å². The monoisotopic (exact) mass is 243 g/mol. The zero-order valence-corrected chi connectivity index (χ0v) is 10.5. The van der Waals surface area contributed by atoms with Crippen LogP contribution in [0.15, 0.2) is 34.9 Å². The summed E-state index contributed by atoms with van der Waals surface area (Å²) < 4.78 is 5.26. The van der Waals surface area contributed by atoms with E-state index in [1.807, 2.05) is 30.3 Å². The van der Waals surface area contributed by atoms with Crippen LogP contribution in [0.1, 0.15) is 26.2 Å². The summed E-state index contributed by atoms with van der Waals surface area (Å²) in [6.45, 7) is 2.29. The van der Waals surface area contributed by atoms with E-state index in [4.69, 9.17) is 4.52 Å². The van der Waals surface area contributed by atoms with Gasteiger partial charge in [-0.25, -0.2) is 0 Å². The standard InChI is InChI=1S/C14H17N3O/c1-10-7-8-12(9-10)15-14-16-13(18-17-14)11-5-3-2-4-6-11/h2-6,10,12H,7-9H2,1H3,(H,15,17). The Balaban J connectivity index is 1.70. The fraction of sp³-hybridized carbons (Fsp3) is 0.429. The van der Waals surface area contributed by atoms with E-state index >= 15 is 0 Å². The summed E-state index contributed by atoms with van der Waals surface area (Å²) in [5.74, 6) is 1.97. The van der Waals surface area contributed by atoms with Crippen molar-refractivity contribution in [2.45, 2.75) is 32.2 Å². The molecule has 1 aromatic carbocycles. The molecule has 1 saturated carbocycles. The summed E-state index contributed by atoms with van der Waals surface area (Å²) in [6.07, 6.45) is 3.66. The first-order chi connectivity index (χ1) is 8.81. The van der Waals surface area contributed by atoms with Crippen LogP contribution >= 0.6 is 0 Å². The quantitative estimate of drug-likeness (QED) is 0.898. The molecule has 1 N–H and O–H groups in total. The van der Waals surface area contributed by atoms with Crippen molar-refractivity contribution in [1.82, 2.24) is 10.1 Å². The van der Waals surface area contributed by atoms with E-state index in [-0.39, 0.29) is 0 Å². The molecule has 1 aromatic heterocycles. The van der Waals surface area contributed by atoms with Gasteiger partial charge in [-0.3, -0.25) is 0 Å². The summed E-state index contributed by atoms with van der Waals surface area (Å²) >= 11 is 0. The van der Waals surface area contributed by atoms with Crippen LogP contribution in [-0.2, 0) is 0 Å². The Hall–Kier alpha value is -1.84. The van der Waals surface area contributed by atoms with Crippen molar-refractivity contribution in [2.75, 3.05) is 5.32 Å². The summed E-state index contributed by atoms with van der Waals surface area (Å²) in [5.41, 5.74) is 0.956. The molecule has 2 aromatic rings. The molecule has 4 heteroatoms. The summed E-state index contributed by atoms with van der Waals surface area (Å²) in [4.78, 5) is 4.38. The van der Waals surface area contributed by atoms with E-state index in [0.29, 0.717) is 17.9 Å². The Kier molecular flexibility index (Phi) is 3.00. The van der Waals surface area contributed by atoms with Crippen LogP contribution in [0, 0.1) is 5.92 Å². The Labute approximate surface area is 106 Å². The maximum absolute atomic E-state index is 5.26. The van der Waals surface area contributed by atoms with Crippen LogP contribution in [-0.4, -0.2) is 16.2 Å². The van der Waals surface area contributed by atoms with Crippen LogP contribution < -0.4 is 5.32 Å².